The molecule has 1 aliphatic rings. The zero-order valence-electron chi connectivity index (χ0n) is 14.8. The predicted molar refractivity (Wildman–Crippen MR) is 92.2 cm³/mol. The van der Waals surface area contributed by atoms with Crippen molar-refractivity contribution in [3.05, 3.63) is 35.4 Å². The van der Waals surface area contributed by atoms with Crippen LogP contribution in [0.4, 0.5) is 4.79 Å². The molecule has 4 nitrogen and oxygen atoms in total. The molecular formula is C19H28N2O2. The second-order valence-electron chi connectivity index (χ2n) is 6.65. The molecule has 2 rings (SSSR count). The van der Waals surface area contributed by atoms with Crippen molar-refractivity contribution < 1.29 is 9.59 Å². The second kappa shape index (κ2) is 7.16. The third-order valence-corrected chi connectivity index (χ3v) is 4.88. The molecule has 0 aromatic heterocycles. The number of carbonyl (C=O) groups excluding carboxylic acids is 2. The van der Waals surface area contributed by atoms with Crippen LogP contribution in [-0.2, 0) is 10.3 Å². The van der Waals surface area contributed by atoms with Crippen LogP contribution >= 0.6 is 0 Å². The molecule has 1 aromatic rings. The lowest BCUT2D eigenvalue weighted by molar-refractivity contribution is -0.132. The van der Waals surface area contributed by atoms with Crippen LogP contribution in [0, 0.1) is 6.92 Å². The minimum Gasteiger partial charge on any atom is -0.306 e. The normalized spacial score (nSPS) is 21.4. The number of benzene rings is 1. The fourth-order valence-electron chi connectivity index (χ4n) is 3.25. The Balaban J connectivity index is 2.20. The molecule has 1 aliphatic heterocycles. The molecule has 0 aliphatic carbocycles. The van der Waals surface area contributed by atoms with Crippen LogP contribution in [-0.4, -0.2) is 35.3 Å². The van der Waals surface area contributed by atoms with Crippen LogP contribution < -0.4 is 0 Å². The van der Waals surface area contributed by atoms with Crippen LogP contribution in [0.25, 0.3) is 0 Å². The van der Waals surface area contributed by atoms with E-state index >= 15 is 0 Å². The van der Waals surface area contributed by atoms with Crippen molar-refractivity contribution in [2.75, 3.05) is 13.6 Å². The molecule has 1 unspecified atom stereocenters. The first kappa shape index (κ1) is 17.5. The van der Waals surface area contributed by atoms with Crippen LogP contribution in [0.15, 0.2) is 24.3 Å². The van der Waals surface area contributed by atoms with Crippen LogP contribution in [0.3, 0.4) is 0 Å². The molecule has 0 spiro atoms. The van der Waals surface area contributed by atoms with E-state index in [1.807, 2.05) is 38.1 Å². The van der Waals surface area contributed by atoms with E-state index in [4.69, 9.17) is 0 Å². The van der Waals surface area contributed by atoms with Gasteiger partial charge in [-0.15, -0.1) is 0 Å². The number of imide groups is 1. The van der Waals surface area contributed by atoms with E-state index in [1.165, 1.54) is 24.2 Å². The Kier molecular flexibility index (Phi) is 5.45. The number of rotatable bonds is 7. The Hall–Kier alpha value is -1.84. The summed E-state index contributed by atoms with van der Waals surface area (Å²) in [6.07, 6.45) is 5.64. The first-order valence-corrected chi connectivity index (χ1v) is 8.59. The fraction of sp³-hybridized carbons (Fsp3) is 0.579. The van der Waals surface area contributed by atoms with Crippen molar-refractivity contribution in [2.45, 2.75) is 58.4 Å². The van der Waals surface area contributed by atoms with E-state index in [-0.39, 0.29) is 11.9 Å². The van der Waals surface area contributed by atoms with Gasteiger partial charge >= 0.3 is 6.03 Å². The number of hydrogen-bond acceptors (Lipinski definition) is 2. The second-order valence-corrected chi connectivity index (χ2v) is 6.65. The molecule has 3 amide bonds. The molecule has 1 fully saturated rings. The number of hydrogen-bond donors (Lipinski definition) is 0. The highest BCUT2D eigenvalue weighted by Gasteiger charge is 2.53. The molecule has 126 valence electrons. The summed E-state index contributed by atoms with van der Waals surface area (Å²) >= 11 is 0. The van der Waals surface area contributed by atoms with E-state index in [1.54, 1.807) is 11.9 Å². The van der Waals surface area contributed by atoms with Gasteiger partial charge < -0.3 is 4.90 Å². The van der Waals surface area contributed by atoms with Crippen LogP contribution in [0.2, 0.25) is 0 Å². The number of carbonyl (C=O) groups is 2. The Bertz CT molecular complexity index is 567. The zero-order chi connectivity index (χ0) is 17.0. The third-order valence-electron chi connectivity index (χ3n) is 4.88. The number of amides is 3. The van der Waals surface area contributed by atoms with Gasteiger partial charge in [-0.3, -0.25) is 9.69 Å². The lowest BCUT2D eigenvalue weighted by Crippen LogP contribution is -2.44. The number of unbranched alkanes of at least 4 members (excludes halogenated alkanes) is 4. The van der Waals surface area contributed by atoms with Crippen molar-refractivity contribution in [1.29, 1.82) is 0 Å². The molecule has 0 bridgehead atoms. The molecule has 0 N–H and O–H groups in total. The van der Waals surface area contributed by atoms with Crippen LogP contribution in [0.1, 0.15) is 57.1 Å². The highest BCUT2D eigenvalue weighted by Crippen LogP contribution is 2.36. The quantitative estimate of drug-likeness (QED) is 0.562. The molecular weight excluding hydrogens is 288 g/mol. The van der Waals surface area contributed by atoms with Gasteiger partial charge in [-0.05, 0) is 25.8 Å². The van der Waals surface area contributed by atoms with E-state index < -0.39 is 5.54 Å². The summed E-state index contributed by atoms with van der Waals surface area (Å²) in [5.41, 5.74) is 1.15. The summed E-state index contributed by atoms with van der Waals surface area (Å²) in [7, 11) is 1.58. The molecule has 23 heavy (non-hydrogen) atoms. The Morgan fingerprint density at radius 1 is 1.00 bits per heavy atom. The highest BCUT2D eigenvalue weighted by atomic mass is 16.2. The monoisotopic (exact) mass is 316 g/mol. The van der Waals surface area contributed by atoms with Gasteiger partial charge in [0, 0.05) is 13.6 Å². The SMILES string of the molecule is CCCCCCCN1C(=O)N(C)C(=O)C1(C)c1ccc(C)cc1. The van der Waals surface area contributed by atoms with Crippen LogP contribution in [0.5, 0.6) is 0 Å². The minimum atomic E-state index is -0.885. The summed E-state index contributed by atoms with van der Waals surface area (Å²) < 4.78 is 0. The Morgan fingerprint density at radius 3 is 2.22 bits per heavy atom. The van der Waals surface area contributed by atoms with Crippen molar-refractivity contribution in [1.82, 2.24) is 9.80 Å². The van der Waals surface area contributed by atoms with E-state index in [9.17, 15) is 9.59 Å². The van der Waals surface area contributed by atoms with Crippen molar-refractivity contribution in [2.24, 2.45) is 0 Å². The van der Waals surface area contributed by atoms with Gasteiger partial charge in [-0.2, -0.15) is 0 Å². The van der Waals surface area contributed by atoms with Gasteiger partial charge in [0.1, 0.15) is 5.54 Å². The molecule has 4 heteroatoms. The average molecular weight is 316 g/mol. The molecule has 1 aromatic carbocycles. The lowest BCUT2D eigenvalue weighted by Gasteiger charge is -2.32. The van der Waals surface area contributed by atoms with E-state index in [0.717, 1.165) is 24.0 Å². The zero-order valence-corrected chi connectivity index (χ0v) is 14.8. The summed E-state index contributed by atoms with van der Waals surface area (Å²) in [5, 5.41) is 0. The number of nitrogens with zero attached hydrogens (tertiary/aromatic N) is 2. The Morgan fingerprint density at radius 2 is 1.61 bits per heavy atom. The lowest BCUT2D eigenvalue weighted by atomic mass is 9.89. The summed E-state index contributed by atoms with van der Waals surface area (Å²) in [5.74, 6) is -0.139. The number of aryl methyl sites for hydroxylation is 1. The molecule has 0 radical (unpaired) electrons. The third kappa shape index (κ3) is 3.26. The van der Waals surface area contributed by atoms with Gasteiger partial charge in [0.2, 0.25) is 0 Å². The maximum Gasteiger partial charge on any atom is 0.327 e. The predicted octanol–water partition coefficient (Wildman–Crippen LogP) is 4.07. The molecule has 1 atom stereocenters. The molecule has 0 saturated carbocycles. The average Bonchev–Trinajstić information content (AvgIpc) is 2.71. The summed E-state index contributed by atoms with van der Waals surface area (Å²) in [4.78, 5) is 28.3. The smallest absolute Gasteiger partial charge is 0.306 e. The van der Waals surface area contributed by atoms with Gasteiger partial charge in [0.05, 0.1) is 0 Å². The highest BCUT2D eigenvalue weighted by molar-refractivity contribution is 6.06. The Labute approximate surface area is 139 Å². The van der Waals surface area contributed by atoms with Crippen molar-refractivity contribution in [3.63, 3.8) is 0 Å². The van der Waals surface area contributed by atoms with Crippen molar-refractivity contribution in [3.8, 4) is 0 Å². The minimum absolute atomic E-state index is 0.139. The van der Waals surface area contributed by atoms with Crippen molar-refractivity contribution >= 4 is 11.9 Å². The van der Waals surface area contributed by atoms with E-state index in [0.29, 0.717) is 6.54 Å². The van der Waals surface area contributed by atoms with Gasteiger partial charge in [-0.25, -0.2) is 4.79 Å². The van der Waals surface area contributed by atoms with Gasteiger partial charge in [0.15, 0.2) is 0 Å². The fourth-order valence-corrected chi connectivity index (χ4v) is 3.25. The first-order valence-electron chi connectivity index (χ1n) is 8.59. The molecule has 1 heterocycles. The van der Waals surface area contributed by atoms with E-state index in [2.05, 4.69) is 6.92 Å². The van der Waals surface area contributed by atoms with Gasteiger partial charge in [0.25, 0.3) is 5.91 Å². The number of likely N-dealkylation sites (N-methyl/N-ethyl adjacent to an activating group) is 1. The number of urea groups is 1. The standard InChI is InChI=1S/C19H28N2O2/c1-5-6-7-8-9-14-21-18(23)20(4)17(22)19(21,3)16-12-10-15(2)11-13-16/h10-13H,5-9,14H2,1-4H3. The topological polar surface area (TPSA) is 40.6 Å². The van der Waals surface area contributed by atoms with Gasteiger partial charge in [-0.1, -0.05) is 62.4 Å². The summed E-state index contributed by atoms with van der Waals surface area (Å²) in [6, 6.07) is 7.73. The maximum absolute atomic E-state index is 12.7. The first-order chi connectivity index (χ1) is 10.9. The molecule has 1 saturated heterocycles. The maximum atomic E-state index is 12.7. The largest absolute Gasteiger partial charge is 0.327 e. The summed E-state index contributed by atoms with van der Waals surface area (Å²) in [6.45, 7) is 6.70.